The van der Waals surface area contributed by atoms with Gasteiger partial charge in [0, 0.05) is 11.6 Å². The molecule has 0 radical (unpaired) electrons. The second-order valence-electron chi connectivity index (χ2n) is 5.56. The van der Waals surface area contributed by atoms with E-state index in [0.717, 1.165) is 5.56 Å². The highest BCUT2D eigenvalue weighted by Gasteiger charge is 2.32. The summed E-state index contributed by atoms with van der Waals surface area (Å²) in [5.74, 6) is 1.31. The number of rotatable bonds is 4. The van der Waals surface area contributed by atoms with Crippen molar-refractivity contribution in [1.82, 2.24) is 4.90 Å². The molecule has 26 heavy (non-hydrogen) atoms. The molecular formula is C19H12FNO3S2. The van der Waals surface area contributed by atoms with Gasteiger partial charge in [-0.05, 0) is 48.5 Å². The van der Waals surface area contributed by atoms with Crippen molar-refractivity contribution in [2.75, 3.05) is 0 Å². The summed E-state index contributed by atoms with van der Waals surface area (Å²) in [6.07, 6.45) is 3.22. The molecule has 1 saturated heterocycles. The van der Waals surface area contributed by atoms with Crippen LogP contribution in [-0.2, 0) is 11.3 Å². The van der Waals surface area contributed by atoms with Gasteiger partial charge in [-0.1, -0.05) is 24.0 Å². The van der Waals surface area contributed by atoms with Crippen LogP contribution in [0.1, 0.15) is 11.5 Å². The molecule has 1 aliphatic heterocycles. The number of amides is 1. The molecule has 3 aromatic rings. The van der Waals surface area contributed by atoms with Crippen molar-refractivity contribution in [2.24, 2.45) is 0 Å². The summed E-state index contributed by atoms with van der Waals surface area (Å²) in [7, 11) is 0. The van der Waals surface area contributed by atoms with Gasteiger partial charge in [0.25, 0.3) is 5.91 Å². The average Bonchev–Trinajstić information content (AvgIpc) is 3.35. The Kier molecular flexibility index (Phi) is 4.48. The first-order valence-corrected chi connectivity index (χ1v) is 8.96. The molecule has 130 valence electrons. The fourth-order valence-electron chi connectivity index (χ4n) is 2.52. The van der Waals surface area contributed by atoms with E-state index in [-0.39, 0.29) is 11.7 Å². The Labute approximate surface area is 158 Å². The van der Waals surface area contributed by atoms with Gasteiger partial charge < -0.3 is 8.83 Å². The fraction of sp³-hybridized carbons (Fsp3) is 0.0526. The van der Waals surface area contributed by atoms with Crippen molar-refractivity contribution in [3.8, 4) is 11.3 Å². The molecule has 7 heteroatoms. The van der Waals surface area contributed by atoms with Crippen LogP contribution in [-0.4, -0.2) is 15.1 Å². The highest BCUT2D eigenvalue weighted by atomic mass is 32.2. The molecule has 0 saturated carbocycles. The fourth-order valence-corrected chi connectivity index (χ4v) is 3.76. The zero-order valence-corrected chi connectivity index (χ0v) is 15.0. The minimum atomic E-state index is -0.305. The Morgan fingerprint density at radius 1 is 1.15 bits per heavy atom. The number of thiocarbonyl (C=S) groups is 1. The maximum atomic E-state index is 13.0. The first kappa shape index (κ1) is 16.8. The van der Waals surface area contributed by atoms with E-state index in [0.29, 0.717) is 33.1 Å². The van der Waals surface area contributed by atoms with Gasteiger partial charge in [-0.25, -0.2) is 4.39 Å². The van der Waals surface area contributed by atoms with Crippen molar-refractivity contribution in [3.05, 3.63) is 77.0 Å². The first-order chi connectivity index (χ1) is 12.6. The molecule has 4 nitrogen and oxygen atoms in total. The third-order valence-electron chi connectivity index (χ3n) is 3.80. The molecule has 0 N–H and O–H groups in total. The van der Waals surface area contributed by atoms with Gasteiger partial charge in [-0.2, -0.15) is 0 Å². The SMILES string of the molecule is O=C1C(=Cc2ccc(-c3ccc(F)cc3)o2)SC(=S)N1Cc1ccco1. The van der Waals surface area contributed by atoms with Crippen LogP contribution in [0.15, 0.2) is 68.5 Å². The van der Waals surface area contributed by atoms with Crippen molar-refractivity contribution in [1.29, 1.82) is 0 Å². The average molecular weight is 385 g/mol. The Balaban J connectivity index is 1.54. The molecular weight excluding hydrogens is 373 g/mol. The molecule has 2 aromatic heterocycles. The van der Waals surface area contributed by atoms with E-state index < -0.39 is 0 Å². The molecule has 0 atom stereocenters. The predicted molar refractivity (Wildman–Crippen MR) is 102 cm³/mol. The molecule has 0 spiro atoms. The highest BCUT2D eigenvalue weighted by molar-refractivity contribution is 8.26. The first-order valence-electron chi connectivity index (χ1n) is 7.74. The zero-order valence-electron chi connectivity index (χ0n) is 13.3. The topological polar surface area (TPSA) is 46.6 Å². The monoisotopic (exact) mass is 385 g/mol. The van der Waals surface area contributed by atoms with Crippen molar-refractivity contribution in [3.63, 3.8) is 0 Å². The van der Waals surface area contributed by atoms with Gasteiger partial charge in [0.2, 0.25) is 0 Å². The third kappa shape index (κ3) is 3.36. The summed E-state index contributed by atoms with van der Waals surface area (Å²) in [5, 5.41) is 0. The Morgan fingerprint density at radius 2 is 1.96 bits per heavy atom. The molecule has 0 unspecified atom stereocenters. The van der Waals surface area contributed by atoms with E-state index in [2.05, 4.69) is 0 Å². The van der Waals surface area contributed by atoms with Crippen LogP contribution in [0.3, 0.4) is 0 Å². The summed E-state index contributed by atoms with van der Waals surface area (Å²) in [4.78, 5) is 14.6. The van der Waals surface area contributed by atoms with Crippen LogP contribution < -0.4 is 0 Å². The smallest absolute Gasteiger partial charge is 0.266 e. The molecule has 1 aliphatic rings. The van der Waals surface area contributed by atoms with E-state index in [1.807, 2.05) is 0 Å². The van der Waals surface area contributed by atoms with Gasteiger partial charge in [-0.15, -0.1) is 0 Å². The predicted octanol–water partition coefficient (Wildman–Crippen LogP) is 5.08. The summed E-state index contributed by atoms with van der Waals surface area (Å²) in [6, 6.07) is 13.1. The third-order valence-corrected chi connectivity index (χ3v) is 5.17. The quantitative estimate of drug-likeness (QED) is 0.463. The van der Waals surface area contributed by atoms with Crippen molar-refractivity contribution in [2.45, 2.75) is 6.54 Å². The zero-order chi connectivity index (χ0) is 18.1. The number of carbonyl (C=O) groups excluding carboxylic acids is 1. The van der Waals surface area contributed by atoms with Gasteiger partial charge in [-0.3, -0.25) is 9.69 Å². The number of furan rings is 2. The Hall–Kier alpha value is -2.64. The molecule has 1 aromatic carbocycles. The number of nitrogens with zero attached hydrogens (tertiary/aromatic N) is 1. The summed E-state index contributed by atoms with van der Waals surface area (Å²) < 4.78 is 24.5. The van der Waals surface area contributed by atoms with E-state index in [1.165, 1.54) is 28.8 Å². The molecule has 4 rings (SSSR count). The number of hydrogen-bond donors (Lipinski definition) is 0. The van der Waals surface area contributed by atoms with Crippen LogP contribution in [0.4, 0.5) is 4.39 Å². The lowest BCUT2D eigenvalue weighted by atomic mass is 10.2. The lowest BCUT2D eigenvalue weighted by molar-refractivity contribution is -0.122. The maximum absolute atomic E-state index is 13.0. The minimum Gasteiger partial charge on any atom is -0.467 e. The minimum absolute atomic E-state index is 0.184. The number of carbonyl (C=O) groups is 1. The normalized spacial score (nSPS) is 16.0. The lowest BCUT2D eigenvalue weighted by Crippen LogP contribution is -2.27. The number of benzene rings is 1. The molecule has 1 fully saturated rings. The van der Waals surface area contributed by atoms with Crippen LogP contribution in [0.25, 0.3) is 17.4 Å². The molecule has 3 heterocycles. The van der Waals surface area contributed by atoms with Crippen molar-refractivity contribution < 1.29 is 18.0 Å². The summed E-state index contributed by atoms with van der Waals surface area (Å²) in [6.45, 7) is 0.300. The summed E-state index contributed by atoms with van der Waals surface area (Å²) >= 11 is 6.52. The second-order valence-corrected chi connectivity index (χ2v) is 7.23. The highest BCUT2D eigenvalue weighted by Crippen LogP contribution is 2.34. The number of hydrogen-bond acceptors (Lipinski definition) is 5. The standard InChI is InChI=1S/C19H12FNO3S2/c20-13-5-3-12(4-6-13)16-8-7-14(24-16)10-17-18(22)21(19(25)26-17)11-15-2-1-9-23-15/h1-10H,11H2. The number of thioether (sulfide) groups is 1. The van der Waals surface area contributed by atoms with Crippen LogP contribution >= 0.6 is 24.0 Å². The van der Waals surface area contributed by atoms with E-state index in [9.17, 15) is 9.18 Å². The molecule has 0 bridgehead atoms. The van der Waals surface area contributed by atoms with Crippen LogP contribution in [0.5, 0.6) is 0 Å². The van der Waals surface area contributed by atoms with Crippen molar-refractivity contribution >= 4 is 40.3 Å². The van der Waals surface area contributed by atoms with E-state index in [4.69, 9.17) is 21.1 Å². The second kappa shape index (κ2) is 6.93. The van der Waals surface area contributed by atoms with Gasteiger partial charge in [0.05, 0.1) is 17.7 Å². The Morgan fingerprint density at radius 3 is 2.69 bits per heavy atom. The van der Waals surface area contributed by atoms with Crippen LogP contribution in [0, 0.1) is 5.82 Å². The largest absolute Gasteiger partial charge is 0.467 e. The number of halogens is 1. The van der Waals surface area contributed by atoms with Crippen LogP contribution in [0.2, 0.25) is 0 Å². The molecule has 1 amide bonds. The lowest BCUT2D eigenvalue weighted by Gasteiger charge is -2.11. The van der Waals surface area contributed by atoms with Gasteiger partial charge in [0.1, 0.15) is 27.4 Å². The molecule has 0 aliphatic carbocycles. The summed E-state index contributed by atoms with van der Waals surface area (Å²) in [5.41, 5.74) is 0.761. The van der Waals surface area contributed by atoms with Gasteiger partial charge >= 0.3 is 0 Å². The maximum Gasteiger partial charge on any atom is 0.266 e. The van der Waals surface area contributed by atoms with Gasteiger partial charge in [0.15, 0.2) is 0 Å². The van der Waals surface area contributed by atoms with E-state index in [1.54, 1.807) is 48.7 Å². The van der Waals surface area contributed by atoms with E-state index >= 15 is 0 Å². The Bertz CT molecular complexity index is 990.